The lowest BCUT2D eigenvalue weighted by molar-refractivity contribution is -0.132. The number of piperazine rings is 1. The van der Waals surface area contributed by atoms with E-state index < -0.39 is 12.1 Å². The highest BCUT2D eigenvalue weighted by Crippen LogP contribution is 2.29. The number of aliphatic hydroxyl groups excluding tert-OH is 1. The van der Waals surface area contributed by atoms with Gasteiger partial charge in [-0.1, -0.05) is 22.0 Å². The van der Waals surface area contributed by atoms with Gasteiger partial charge in [0.1, 0.15) is 6.04 Å². The minimum atomic E-state index is -0.577. The number of imide groups is 1. The average Bonchev–Trinajstić information content (AvgIpc) is 2.33. The highest BCUT2D eigenvalue weighted by molar-refractivity contribution is 9.10. The van der Waals surface area contributed by atoms with E-state index in [9.17, 15) is 14.7 Å². The van der Waals surface area contributed by atoms with E-state index in [1.54, 1.807) is 30.9 Å². The van der Waals surface area contributed by atoms with Crippen molar-refractivity contribution >= 4 is 33.4 Å². The third kappa shape index (κ3) is 2.79. The lowest BCUT2D eigenvalue weighted by Gasteiger charge is -2.33. The van der Waals surface area contributed by atoms with Crippen LogP contribution in [0.2, 0.25) is 0 Å². The maximum Gasteiger partial charge on any atom is 0.249 e. The first-order valence-electron chi connectivity index (χ1n) is 5.98. The molecule has 5 nitrogen and oxygen atoms in total. The average molecular weight is 327 g/mol. The second-order valence-electron chi connectivity index (χ2n) is 4.60. The molecule has 0 saturated carbocycles. The fraction of sp³-hybridized carbons (Fsp3) is 0.385. The third-order valence-corrected chi connectivity index (χ3v) is 3.88. The van der Waals surface area contributed by atoms with Gasteiger partial charge >= 0.3 is 0 Å². The second-order valence-corrected chi connectivity index (χ2v) is 5.45. The molecule has 0 aliphatic carbocycles. The van der Waals surface area contributed by atoms with Gasteiger partial charge in [0.25, 0.3) is 0 Å². The van der Waals surface area contributed by atoms with Crippen LogP contribution in [0.3, 0.4) is 0 Å². The van der Waals surface area contributed by atoms with Crippen LogP contribution in [-0.2, 0) is 9.59 Å². The number of benzene rings is 1. The zero-order chi connectivity index (χ0) is 14.2. The monoisotopic (exact) mass is 326 g/mol. The Morgan fingerprint density at radius 1 is 1.47 bits per heavy atom. The Bertz CT molecular complexity index is 531. The third-order valence-electron chi connectivity index (χ3n) is 3.19. The number of aliphatic hydroxyl groups is 1. The van der Waals surface area contributed by atoms with Crippen LogP contribution < -0.4 is 10.2 Å². The van der Waals surface area contributed by atoms with Crippen LogP contribution in [0.5, 0.6) is 0 Å². The summed E-state index contributed by atoms with van der Waals surface area (Å²) in [5.41, 5.74) is 1.54. The predicted octanol–water partition coefficient (Wildman–Crippen LogP) is 1.35. The Balaban J connectivity index is 2.33. The molecule has 1 fully saturated rings. The highest BCUT2D eigenvalue weighted by atomic mass is 79.9. The van der Waals surface area contributed by atoms with Crippen LogP contribution in [0.4, 0.5) is 5.69 Å². The van der Waals surface area contributed by atoms with E-state index in [1.807, 2.05) is 6.07 Å². The summed E-state index contributed by atoms with van der Waals surface area (Å²) in [5, 5.41) is 11.9. The van der Waals surface area contributed by atoms with Gasteiger partial charge in [0, 0.05) is 10.2 Å². The standard InChI is InChI=1S/C13H15BrN2O3/c1-7-13(19)15-12(18)6-16(7)9-3-4-10(8(2)17)11(14)5-9/h3-5,7-8,17H,6H2,1-2H3,(H,15,18,19)/t7?,8-/m0/s1. The first-order valence-corrected chi connectivity index (χ1v) is 6.77. The number of anilines is 1. The first-order chi connectivity index (χ1) is 8.90. The largest absolute Gasteiger partial charge is 0.389 e. The zero-order valence-electron chi connectivity index (χ0n) is 10.7. The molecule has 2 atom stereocenters. The van der Waals surface area contributed by atoms with E-state index in [4.69, 9.17) is 0 Å². The summed E-state index contributed by atoms with van der Waals surface area (Å²) in [6.45, 7) is 3.58. The molecule has 0 aromatic heterocycles. The number of rotatable bonds is 2. The van der Waals surface area contributed by atoms with Gasteiger partial charge in [0.05, 0.1) is 12.6 Å². The van der Waals surface area contributed by atoms with Crippen molar-refractivity contribution in [3.8, 4) is 0 Å². The van der Waals surface area contributed by atoms with Crippen molar-refractivity contribution in [1.29, 1.82) is 0 Å². The maximum atomic E-state index is 11.6. The number of carbonyl (C=O) groups excluding carboxylic acids is 2. The Morgan fingerprint density at radius 3 is 2.74 bits per heavy atom. The van der Waals surface area contributed by atoms with Crippen molar-refractivity contribution in [2.75, 3.05) is 11.4 Å². The van der Waals surface area contributed by atoms with E-state index in [2.05, 4.69) is 21.2 Å². The van der Waals surface area contributed by atoms with E-state index >= 15 is 0 Å². The molecule has 19 heavy (non-hydrogen) atoms. The van der Waals surface area contributed by atoms with Crippen LogP contribution in [-0.4, -0.2) is 29.5 Å². The molecule has 2 rings (SSSR count). The number of amides is 2. The summed E-state index contributed by atoms with van der Waals surface area (Å²) >= 11 is 3.39. The highest BCUT2D eigenvalue weighted by Gasteiger charge is 2.30. The van der Waals surface area contributed by atoms with Crippen molar-refractivity contribution < 1.29 is 14.7 Å². The number of hydrogen-bond acceptors (Lipinski definition) is 4. The molecular formula is C13H15BrN2O3. The zero-order valence-corrected chi connectivity index (χ0v) is 12.3. The molecule has 0 radical (unpaired) electrons. The summed E-state index contributed by atoms with van der Waals surface area (Å²) in [4.78, 5) is 24.8. The van der Waals surface area contributed by atoms with E-state index in [0.717, 1.165) is 15.7 Å². The van der Waals surface area contributed by atoms with Crippen molar-refractivity contribution in [2.24, 2.45) is 0 Å². The van der Waals surface area contributed by atoms with Gasteiger partial charge in [0.15, 0.2) is 0 Å². The van der Waals surface area contributed by atoms with E-state index in [0.29, 0.717) is 0 Å². The molecule has 6 heteroatoms. The molecule has 1 aliphatic heterocycles. The van der Waals surface area contributed by atoms with Crippen molar-refractivity contribution in [3.05, 3.63) is 28.2 Å². The van der Waals surface area contributed by atoms with Gasteiger partial charge in [-0.15, -0.1) is 0 Å². The number of carbonyl (C=O) groups is 2. The molecular weight excluding hydrogens is 312 g/mol. The van der Waals surface area contributed by atoms with E-state index in [-0.39, 0.29) is 18.4 Å². The summed E-state index contributed by atoms with van der Waals surface area (Å²) in [7, 11) is 0. The second kappa shape index (κ2) is 5.30. The van der Waals surface area contributed by atoms with Gasteiger partial charge in [-0.05, 0) is 31.5 Å². The minimum absolute atomic E-state index is 0.146. The SMILES string of the molecule is CC1C(=O)NC(=O)CN1c1ccc([C@H](C)O)c(Br)c1. The molecule has 2 amide bonds. The Kier molecular flexibility index (Phi) is 3.91. The Labute approximate surface area is 119 Å². The molecule has 1 aromatic carbocycles. The molecule has 1 heterocycles. The lowest BCUT2D eigenvalue weighted by atomic mass is 10.1. The van der Waals surface area contributed by atoms with Crippen LogP contribution in [0.1, 0.15) is 25.5 Å². The predicted molar refractivity (Wildman–Crippen MR) is 74.7 cm³/mol. The molecule has 1 unspecified atom stereocenters. The molecule has 0 bridgehead atoms. The molecule has 2 N–H and O–H groups in total. The molecule has 102 valence electrons. The minimum Gasteiger partial charge on any atom is -0.389 e. The van der Waals surface area contributed by atoms with Crippen molar-refractivity contribution in [2.45, 2.75) is 26.0 Å². The quantitative estimate of drug-likeness (QED) is 0.805. The number of nitrogens with zero attached hydrogens (tertiary/aromatic N) is 1. The molecule has 0 spiro atoms. The number of halogens is 1. The van der Waals surface area contributed by atoms with Crippen LogP contribution >= 0.6 is 15.9 Å². The Hall–Kier alpha value is -1.40. The van der Waals surface area contributed by atoms with Crippen molar-refractivity contribution in [1.82, 2.24) is 5.32 Å². The first kappa shape index (κ1) is 14.0. The van der Waals surface area contributed by atoms with Crippen LogP contribution in [0.15, 0.2) is 22.7 Å². The fourth-order valence-corrected chi connectivity index (χ4v) is 2.76. The molecule has 1 aliphatic rings. The summed E-state index contributed by atoms with van der Waals surface area (Å²) in [6.07, 6.45) is -0.577. The summed E-state index contributed by atoms with van der Waals surface area (Å²) < 4.78 is 0.755. The van der Waals surface area contributed by atoms with Crippen LogP contribution in [0.25, 0.3) is 0 Å². The number of nitrogens with one attached hydrogen (secondary N) is 1. The Morgan fingerprint density at radius 2 is 2.16 bits per heavy atom. The lowest BCUT2D eigenvalue weighted by Crippen LogP contribution is -2.57. The number of hydrogen-bond donors (Lipinski definition) is 2. The smallest absolute Gasteiger partial charge is 0.249 e. The van der Waals surface area contributed by atoms with Gasteiger partial charge in [0.2, 0.25) is 11.8 Å². The topological polar surface area (TPSA) is 69.6 Å². The fourth-order valence-electron chi connectivity index (χ4n) is 2.06. The van der Waals surface area contributed by atoms with Crippen LogP contribution in [0, 0.1) is 0 Å². The van der Waals surface area contributed by atoms with Gasteiger partial charge in [-0.3, -0.25) is 14.9 Å². The van der Waals surface area contributed by atoms with Gasteiger partial charge in [-0.2, -0.15) is 0 Å². The summed E-state index contributed by atoms with van der Waals surface area (Å²) in [5.74, 6) is -0.606. The maximum absolute atomic E-state index is 11.6. The van der Waals surface area contributed by atoms with Crippen molar-refractivity contribution in [3.63, 3.8) is 0 Å². The molecule has 1 saturated heterocycles. The summed E-state index contributed by atoms with van der Waals surface area (Å²) in [6, 6.07) is 5.00. The van der Waals surface area contributed by atoms with Gasteiger partial charge in [-0.25, -0.2) is 0 Å². The molecule has 1 aromatic rings. The van der Waals surface area contributed by atoms with E-state index in [1.165, 1.54) is 0 Å². The normalized spacial score (nSPS) is 21.3. The van der Waals surface area contributed by atoms with Gasteiger partial charge < -0.3 is 10.0 Å².